The SMILES string of the molecule is C[C@H]1CC(C)(C)Cc2nc(C3CCCC3)c(C(O)c3ccc(F)cc3)c(-c3ccc(F)cc3)c21. The standard InChI is InChI=1S/C30H33F2NO/c1-18-16-30(2,3)17-24-25(18)26(19-8-12-22(31)13-9-19)27(28(33-24)20-6-4-5-7-20)29(34)21-10-14-23(32)15-11-21/h8-15,18,20,29,34H,4-7,16-17H2,1-3H3/t18-,29?/m0/s1. The van der Waals surface area contributed by atoms with E-state index in [-0.39, 0.29) is 28.9 Å². The van der Waals surface area contributed by atoms with E-state index in [1.807, 2.05) is 12.1 Å². The molecule has 1 aromatic heterocycles. The maximum absolute atomic E-state index is 13.9. The first-order valence-corrected chi connectivity index (χ1v) is 12.5. The third-order valence-corrected chi connectivity index (χ3v) is 7.71. The Hall–Kier alpha value is -2.59. The predicted molar refractivity (Wildman–Crippen MR) is 132 cm³/mol. The molecule has 2 atom stereocenters. The van der Waals surface area contributed by atoms with Gasteiger partial charge in [0.05, 0.1) is 5.69 Å². The van der Waals surface area contributed by atoms with Crippen LogP contribution in [-0.2, 0) is 6.42 Å². The van der Waals surface area contributed by atoms with Gasteiger partial charge in [0, 0.05) is 17.2 Å². The van der Waals surface area contributed by atoms with Crippen LogP contribution in [0.1, 0.15) is 98.9 Å². The van der Waals surface area contributed by atoms with Gasteiger partial charge >= 0.3 is 0 Å². The molecule has 1 heterocycles. The summed E-state index contributed by atoms with van der Waals surface area (Å²) in [7, 11) is 0. The molecule has 3 aromatic rings. The number of nitrogens with zero attached hydrogens (tertiary/aromatic N) is 1. The number of aromatic nitrogens is 1. The summed E-state index contributed by atoms with van der Waals surface area (Å²) < 4.78 is 27.6. The zero-order valence-corrected chi connectivity index (χ0v) is 20.2. The highest BCUT2D eigenvalue weighted by Gasteiger charge is 2.37. The number of rotatable bonds is 4. The molecule has 0 spiro atoms. The van der Waals surface area contributed by atoms with Gasteiger partial charge in [-0.1, -0.05) is 57.9 Å². The largest absolute Gasteiger partial charge is 0.384 e. The van der Waals surface area contributed by atoms with Gasteiger partial charge < -0.3 is 5.11 Å². The summed E-state index contributed by atoms with van der Waals surface area (Å²) in [4.78, 5) is 5.30. The molecule has 1 N–H and O–H groups in total. The smallest absolute Gasteiger partial charge is 0.123 e. The van der Waals surface area contributed by atoms with Gasteiger partial charge in [-0.05, 0) is 83.5 Å². The number of pyridine rings is 1. The van der Waals surface area contributed by atoms with E-state index in [0.29, 0.717) is 5.56 Å². The highest BCUT2D eigenvalue weighted by atomic mass is 19.1. The minimum absolute atomic E-state index is 0.142. The van der Waals surface area contributed by atoms with Gasteiger partial charge in [0.15, 0.2) is 0 Å². The molecule has 2 aliphatic carbocycles. The first kappa shape index (κ1) is 23.2. The van der Waals surface area contributed by atoms with Gasteiger partial charge in [0.2, 0.25) is 0 Å². The Bertz CT molecular complexity index is 1180. The number of halogens is 2. The molecule has 178 valence electrons. The molecule has 2 aromatic carbocycles. The summed E-state index contributed by atoms with van der Waals surface area (Å²) in [5, 5.41) is 11.8. The molecule has 5 rings (SSSR count). The van der Waals surface area contributed by atoms with Crippen molar-refractivity contribution in [2.24, 2.45) is 5.41 Å². The van der Waals surface area contributed by atoms with E-state index in [1.54, 1.807) is 12.1 Å². The van der Waals surface area contributed by atoms with Gasteiger partial charge in [-0.15, -0.1) is 0 Å². The molecule has 0 amide bonds. The molecule has 1 fully saturated rings. The Morgan fingerprint density at radius 3 is 2.15 bits per heavy atom. The van der Waals surface area contributed by atoms with Crippen molar-refractivity contribution in [1.82, 2.24) is 4.98 Å². The molecule has 0 radical (unpaired) electrons. The fourth-order valence-corrected chi connectivity index (χ4v) is 6.33. The van der Waals surface area contributed by atoms with Crippen LogP contribution in [-0.4, -0.2) is 10.1 Å². The van der Waals surface area contributed by atoms with Crippen molar-refractivity contribution in [3.8, 4) is 11.1 Å². The molecule has 2 nitrogen and oxygen atoms in total. The van der Waals surface area contributed by atoms with Crippen LogP contribution < -0.4 is 0 Å². The van der Waals surface area contributed by atoms with Crippen molar-refractivity contribution in [2.45, 2.75) is 77.2 Å². The molecule has 0 saturated heterocycles. The second-order valence-corrected chi connectivity index (χ2v) is 11.0. The molecule has 4 heteroatoms. The average Bonchev–Trinajstić information content (AvgIpc) is 3.32. The maximum atomic E-state index is 13.9. The molecule has 2 aliphatic rings. The second kappa shape index (κ2) is 8.88. The Morgan fingerprint density at radius 1 is 0.941 bits per heavy atom. The van der Waals surface area contributed by atoms with Crippen LogP contribution in [0.3, 0.4) is 0 Å². The lowest BCUT2D eigenvalue weighted by molar-refractivity contribution is 0.217. The number of fused-ring (bicyclic) bond motifs is 1. The van der Waals surface area contributed by atoms with Crippen molar-refractivity contribution >= 4 is 0 Å². The Balaban J connectivity index is 1.82. The number of hydrogen-bond acceptors (Lipinski definition) is 2. The van der Waals surface area contributed by atoms with E-state index in [4.69, 9.17) is 4.98 Å². The van der Waals surface area contributed by atoms with E-state index in [0.717, 1.165) is 66.6 Å². The number of aliphatic hydroxyl groups excluding tert-OH is 1. The summed E-state index contributed by atoms with van der Waals surface area (Å²) in [6.45, 7) is 6.82. The van der Waals surface area contributed by atoms with Crippen molar-refractivity contribution in [3.63, 3.8) is 0 Å². The van der Waals surface area contributed by atoms with Crippen LogP contribution in [0.5, 0.6) is 0 Å². The fraction of sp³-hybridized carbons (Fsp3) is 0.433. The summed E-state index contributed by atoms with van der Waals surface area (Å²) in [5.74, 6) is -0.0688. The summed E-state index contributed by atoms with van der Waals surface area (Å²) in [6.07, 6.45) is 5.38. The quantitative estimate of drug-likeness (QED) is 0.429. The van der Waals surface area contributed by atoms with E-state index in [1.165, 1.54) is 29.8 Å². The van der Waals surface area contributed by atoms with E-state index < -0.39 is 6.10 Å². The lowest BCUT2D eigenvalue weighted by Crippen LogP contribution is -2.28. The molecule has 1 unspecified atom stereocenters. The van der Waals surface area contributed by atoms with E-state index in [2.05, 4.69) is 20.8 Å². The number of benzene rings is 2. The summed E-state index contributed by atoms with van der Waals surface area (Å²) in [5.41, 5.74) is 6.75. The third-order valence-electron chi connectivity index (χ3n) is 7.71. The van der Waals surface area contributed by atoms with Crippen LogP contribution in [0.4, 0.5) is 8.78 Å². The monoisotopic (exact) mass is 461 g/mol. The Morgan fingerprint density at radius 2 is 1.53 bits per heavy atom. The molecule has 1 saturated carbocycles. The fourth-order valence-electron chi connectivity index (χ4n) is 6.33. The van der Waals surface area contributed by atoms with Gasteiger partial charge in [0.1, 0.15) is 17.7 Å². The zero-order valence-electron chi connectivity index (χ0n) is 20.2. The first-order chi connectivity index (χ1) is 16.2. The van der Waals surface area contributed by atoms with Gasteiger partial charge in [0.25, 0.3) is 0 Å². The topological polar surface area (TPSA) is 33.1 Å². The molecule has 0 bridgehead atoms. The molecule has 0 aliphatic heterocycles. The lowest BCUT2D eigenvalue weighted by atomic mass is 9.68. The van der Waals surface area contributed by atoms with Crippen molar-refractivity contribution < 1.29 is 13.9 Å². The van der Waals surface area contributed by atoms with Crippen LogP contribution in [0.15, 0.2) is 48.5 Å². The van der Waals surface area contributed by atoms with Crippen molar-refractivity contribution in [3.05, 3.63) is 88.2 Å². The van der Waals surface area contributed by atoms with Crippen molar-refractivity contribution in [1.29, 1.82) is 0 Å². The number of aliphatic hydroxyl groups is 1. The summed E-state index contributed by atoms with van der Waals surface area (Å²) >= 11 is 0. The predicted octanol–water partition coefficient (Wildman–Crippen LogP) is 7.84. The lowest BCUT2D eigenvalue weighted by Gasteiger charge is -2.38. The van der Waals surface area contributed by atoms with Crippen LogP contribution >= 0.6 is 0 Å². The van der Waals surface area contributed by atoms with Gasteiger partial charge in [-0.3, -0.25) is 4.98 Å². The number of hydrogen-bond donors (Lipinski definition) is 1. The molecular formula is C30H33F2NO. The normalized spacial score (nSPS) is 20.8. The molecule has 34 heavy (non-hydrogen) atoms. The Kier molecular flexibility index (Phi) is 6.05. The minimum atomic E-state index is -0.934. The average molecular weight is 462 g/mol. The van der Waals surface area contributed by atoms with E-state index in [9.17, 15) is 13.9 Å². The minimum Gasteiger partial charge on any atom is -0.384 e. The van der Waals surface area contributed by atoms with Crippen LogP contribution in [0.25, 0.3) is 11.1 Å². The third kappa shape index (κ3) is 4.29. The Labute approximate surface area is 201 Å². The first-order valence-electron chi connectivity index (χ1n) is 12.5. The van der Waals surface area contributed by atoms with Crippen molar-refractivity contribution in [2.75, 3.05) is 0 Å². The highest BCUT2D eigenvalue weighted by molar-refractivity contribution is 5.75. The highest BCUT2D eigenvalue weighted by Crippen LogP contribution is 2.50. The van der Waals surface area contributed by atoms with Gasteiger partial charge in [-0.25, -0.2) is 8.78 Å². The maximum Gasteiger partial charge on any atom is 0.123 e. The summed E-state index contributed by atoms with van der Waals surface area (Å²) in [6, 6.07) is 12.7. The van der Waals surface area contributed by atoms with Crippen LogP contribution in [0.2, 0.25) is 0 Å². The second-order valence-electron chi connectivity index (χ2n) is 11.0. The molecular weight excluding hydrogens is 428 g/mol. The van der Waals surface area contributed by atoms with Crippen LogP contribution in [0, 0.1) is 17.0 Å². The van der Waals surface area contributed by atoms with Gasteiger partial charge in [-0.2, -0.15) is 0 Å². The van der Waals surface area contributed by atoms with E-state index >= 15 is 0 Å². The zero-order chi connectivity index (χ0) is 24.0.